The summed E-state index contributed by atoms with van der Waals surface area (Å²) in [6, 6.07) is 26.2. The first-order chi connectivity index (χ1) is 18.4. The maximum atomic E-state index is 13.2. The second kappa shape index (κ2) is 11.6. The summed E-state index contributed by atoms with van der Waals surface area (Å²) in [6.45, 7) is 0. The van der Waals surface area contributed by atoms with Gasteiger partial charge in [0.15, 0.2) is 6.10 Å². The Kier molecular flexibility index (Phi) is 7.88. The summed E-state index contributed by atoms with van der Waals surface area (Å²) in [7, 11) is 1.54. The molecular weight excluding hydrogens is 488 g/mol. The van der Waals surface area contributed by atoms with Crippen LogP contribution in [0.1, 0.15) is 42.7 Å². The Morgan fingerprint density at radius 2 is 1.37 bits per heavy atom. The number of amides is 1. The molecule has 9 nitrogen and oxygen atoms in total. The van der Waals surface area contributed by atoms with E-state index in [1.54, 1.807) is 54.6 Å². The van der Waals surface area contributed by atoms with Crippen molar-refractivity contribution >= 4 is 29.0 Å². The molecule has 1 amide bonds. The van der Waals surface area contributed by atoms with Gasteiger partial charge in [-0.1, -0.05) is 30.3 Å². The lowest BCUT2D eigenvalue weighted by molar-refractivity contribution is -0.384. The van der Waals surface area contributed by atoms with Gasteiger partial charge in [-0.15, -0.1) is 0 Å². The molecule has 4 aromatic carbocycles. The van der Waals surface area contributed by atoms with Gasteiger partial charge in [0, 0.05) is 34.5 Å². The van der Waals surface area contributed by atoms with E-state index in [9.17, 15) is 24.5 Å². The van der Waals surface area contributed by atoms with Crippen LogP contribution in [0, 0.1) is 10.1 Å². The second-order valence-corrected chi connectivity index (χ2v) is 8.12. The number of nitrogens with one attached hydrogen (secondary N) is 1. The normalized spacial score (nSPS) is 11.2. The lowest BCUT2D eigenvalue weighted by Crippen LogP contribution is -2.20. The summed E-state index contributed by atoms with van der Waals surface area (Å²) in [5.41, 5.74) is 1.49. The first-order valence-corrected chi connectivity index (χ1v) is 11.5. The van der Waals surface area contributed by atoms with Crippen LogP contribution < -0.4 is 10.1 Å². The third kappa shape index (κ3) is 6.08. The van der Waals surface area contributed by atoms with Crippen LogP contribution in [0.25, 0.3) is 0 Å². The topological polar surface area (TPSA) is 125 Å². The molecule has 0 aliphatic carbocycles. The number of ether oxygens (including phenoxy) is 2. The minimum absolute atomic E-state index is 0.153. The van der Waals surface area contributed by atoms with Crippen LogP contribution in [0.15, 0.2) is 103 Å². The fraction of sp³-hybridized carbons (Fsp3) is 0.0690. The number of Topliss-reactive ketones (excluding diaryl/α,β-unsaturated/α-hetero) is 1. The van der Waals surface area contributed by atoms with E-state index in [1.165, 1.54) is 55.6 Å². The maximum absolute atomic E-state index is 13.2. The van der Waals surface area contributed by atoms with E-state index in [0.717, 1.165) is 0 Å². The van der Waals surface area contributed by atoms with Gasteiger partial charge >= 0.3 is 5.97 Å². The number of rotatable bonds is 9. The molecule has 0 fully saturated rings. The van der Waals surface area contributed by atoms with Crippen molar-refractivity contribution in [3.63, 3.8) is 0 Å². The minimum atomic E-state index is -1.32. The Morgan fingerprint density at radius 3 is 1.95 bits per heavy atom. The van der Waals surface area contributed by atoms with Crippen molar-refractivity contribution in [3.8, 4) is 5.75 Å². The average molecular weight is 511 g/mol. The summed E-state index contributed by atoms with van der Waals surface area (Å²) >= 11 is 0. The Morgan fingerprint density at radius 1 is 0.763 bits per heavy atom. The molecule has 0 aliphatic heterocycles. The molecule has 0 saturated heterocycles. The molecule has 0 unspecified atom stereocenters. The number of nitro benzene ring substituents is 1. The smallest absolute Gasteiger partial charge is 0.339 e. The molecule has 1 atom stereocenters. The Balaban J connectivity index is 1.51. The highest BCUT2D eigenvalue weighted by atomic mass is 16.6. The first-order valence-electron chi connectivity index (χ1n) is 11.5. The lowest BCUT2D eigenvalue weighted by atomic mass is 9.99. The van der Waals surface area contributed by atoms with Crippen molar-refractivity contribution in [1.29, 1.82) is 0 Å². The number of benzene rings is 4. The number of nitrogens with zero attached hydrogens (tertiary/aromatic N) is 1. The molecule has 9 heteroatoms. The maximum Gasteiger partial charge on any atom is 0.339 e. The fourth-order valence-corrected chi connectivity index (χ4v) is 3.61. The van der Waals surface area contributed by atoms with Gasteiger partial charge in [0.25, 0.3) is 11.6 Å². The Bertz CT molecular complexity index is 1450. The van der Waals surface area contributed by atoms with Crippen molar-refractivity contribution in [2.24, 2.45) is 0 Å². The Hall–Kier alpha value is -5.31. The van der Waals surface area contributed by atoms with Crippen LogP contribution in [0.5, 0.6) is 5.75 Å². The fourth-order valence-electron chi connectivity index (χ4n) is 3.61. The number of carbonyl (C=O) groups is 3. The average Bonchev–Trinajstić information content (AvgIpc) is 2.96. The monoisotopic (exact) mass is 510 g/mol. The summed E-state index contributed by atoms with van der Waals surface area (Å²) in [4.78, 5) is 49.1. The van der Waals surface area contributed by atoms with Gasteiger partial charge in [-0.3, -0.25) is 19.7 Å². The predicted molar refractivity (Wildman–Crippen MR) is 139 cm³/mol. The molecule has 1 N–H and O–H groups in total. The molecule has 0 saturated carbocycles. The van der Waals surface area contributed by atoms with E-state index in [0.29, 0.717) is 28.1 Å². The van der Waals surface area contributed by atoms with E-state index in [4.69, 9.17) is 9.47 Å². The number of anilines is 1. The quantitative estimate of drug-likeness (QED) is 0.134. The summed E-state index contributed by atoms with van der Waals surface area (Å²) in [5, 5.41) is 13.8. The predicted octanol–water partition coefficient (Wildman–Crippen LogP) is 5.64. The molecule has 0 aromatic heterocycles. The molecule has 4 rings (SSSR count). The zero-order valence-corrected chi connectivity index (χ0v) is 20.2. The molecule has 0 bridgehead atoms. The number of non-ortho nitro benzene ring substituents is 1. The number of esters is 1. The number of carbonyl (C=O) groups excluding carboxylic acids is 3. The van der Waals surface area contributed by atoms with Crippen molar-refractivity contribution < 1.29 is 28.8 Å². The highest BCUT2D eigenvalue weighted by Gasteiger charge is 2.27. The lowest BCUT2D eigenvalue weighted by Gasteiger charge is -2.18. The summed E-state index contributed by atoms with van der Waals surface area (Å²) in [6.07, 6.45) is -1.32. The largest absolute Gasteiger partial charge is 0.497 e. The number of nitro groups is 1. The summed E-state index contributed by atoms with van der Waals surface area (Å²) in [5.74, 6) is -0.960. The molecule has 38 heavy (non-hydrogen) atoms. The number of ketones is 1. The van der Waals surface area contributed by atoms with Crippen molar-refractivity contribution in [2.75, 3.05) is 12.4 Å². The molecule has 190 valence electrons. The van der Waals surface area contributed by atoms with E-state index in [2.05, 4.69) is 5.32 Å². The third-order valence-corrected chi connectivity index (χ3v) is 5.66. The van der Waals surface area contributed by atoms with Crippen LogP contribution in [-0.2, 0) is 4.74 Å². The molecule has 0 spiro atoms. The van der Waals surface area contributed by atoms with Gasteiger partial charge in [-0.2, -0.15) is 0 Å². The zero-order valence-electron chi connectivity index (χ0n) is 20.2. The van der Waals surface area contributed by atoms with Crippen LogP contribution in [0.3, 0.4) is 0 Å². The van der Waals surface area contributed by atoms with Gasteiger partial charge in [-0.05, 0) is 60.7 Å². The van der Waals surface area contributed by atoms with Crippen LogP contribution >= 0.6 is 0 Å². The molecule has 4 aromatic rings. The van der Waals surface area contributed by atoms with Gasteiger partial charge in [0.2, 0.25) is 5.78 Å². The van der Waals surface area contributed by atoms with Crippen LogP contribution in [0.4, 0.5) is 11.4 Å². The standard InChI is InChI=1S/C29H22N2O7/c1-37-25-17-11-21(12-18-25)28(33)30-23-13-7-22(8-14-23)29(34)38-27(26(32)19-5-3-2-4-6-19)20-9-15-24(16-10-20)31(35)36/h2-18,27H,1H3,(H,30,33)/t27-/m0/s1. The third-order valence-electron chi connectivity index (χ3n) is 5.66. The second-order valence-electron chi connectivity index (χ2n) is 8.12. The molecule has 0 aliphatic rings. The van der Waals surface area contributed by atoms with Crippen molar-refractivity contribution in [1.82, 2.24) is 0 Å². The van der Waals surface area contributed by atoms with E-state index < -0.39 is 22.8 Å². The zero-order chi connectivity index (χ0) is 27.1. The van der Waals surface area contributed by atoms with E-state index >= 15 is 0 Å². The van der Waals surface area contributed by atoms with Crippen molar-refractivity contribution in [3.05, 3.63) is 135 Å². The highest BCUT2D eigenvalue weighted by Crippen LogP contribution is 2.26. The first kappa shape index (κ1) is 25.8. The van der Waals surface area contributed by atoms with Gasteiger partial charge < -0.3 is 14.8 Å². The number of hydrogen-bond donors (Lipinski definition) is 1. The highest BCUT2D eigenvalue weighted by molar-refractivity contribution is 6.05. The molecule has 0 radical (unpaired) electrons. The minimum Gasteiger partial charge on any atom is -0.497 e. The van der Waals surface area contributed by atoms with Crippen molar-refractivity contribution in [2.45, 2.75) is 6.10 Å². The van der Waals surface area contributed by atoms with E-state index in [-0.39, 0.29) is 17.2 Å². The number of methoxy groups -OCH3 is 1. The Labute approximate surface area is 217 Å². The molecule has 0 heterocycles. The van der Waals surface area contributed by atoms with Crippen LogP contribution in [0.2, 0.25) is 0 Å². The van der Waals surface area contributed by atoms with Gasteiger partial charge in [-0.25, -0.2) is 4.79 Å². The number of hydrogen-bond acceptors (Lipinski definition) is 7. The van der Waals surface area contributed by atoms with E-state index in [1.807, 2.05) is 0 Å². The SMILES string of the molecule is COc1ccc(C(=O)Nc2ccc(C(=O)O[C@H](C(=O)c3ccccc3)c3ccc([N+](=O)[O-])cc3)cc2)cc1. The summed E-state index contributed by atoms with van der Waals surface area (Å²) < 4.78 is 10.7. The van der Waals surface area contributed by atoms with Crippen LogP contribution in [-0.4, -0.2) is 29.7 Å². The van der Waals surface area contributed by atoms with Gasteiger partial charge in [0.1, 0.15) is 5.75 Å². The van der Waals surface area contributed by atoms with Gasteiger partial charge in [0.05, 0.1) is 17.6 Å². The molecular formula is C29H22N2O7.